The number of thioether (sulfide) groups is 1. The number of nitrogens with zero attached hydrogens (tertiary/aromatic N) is 4. The molecule has 1 aromatic carbocycles. The van der Waals surface area contributed by atoms with Gasteiger partial charge in [-0.2, -0.15) is 0 Å². The van der Waals surface area contributed by atoms with Crippen LogP contribution in [0.3, 0.4) is 0 Å². The van der Waals surface area contributed by atoms with Gasteiger partial charge in [-0.1, -0.05) is 36.9 Å². The molecule has 0 bridgehead atoms. The highest BCUT2D eigenvalue weighted by atomic mass is 32.2. The summed E-state index contributed by atoms with van der Waals surface area (Å²) in [5.74, 6) is 1.39. The van der Waals surface area contributed by atoms with Crippen molar-refractivity contribution in [3.63, 3.8) is 0 Å². The first-order chi connectivity index (χ1) is 12.7. The predicted octanol–water partition coefficient (Wildman–Crippen LogP) is 3.36. The number of thiazole rings is 1. The number of rotatable bonds is 8. The molecule has 2 heterocycles. The van der Waals surface area contributed by atoms with Crippen LogP contribution in [-0.2, 0) is 18.4 Å². The van der Waals surface area contributed by atoms with Crippen LogP contribution in [-0.4, -0.2) is 30.9 Å². The fourth-order valence-electron chi connectivity index (χ4n) is 2.16. The van der Waals surface area contributed by atoms with E-state index in [1.165, 1.54) is 23.1 Å². The first kappa shape index (κ1) is 18.4. The van der Waals surface area contributed by atoms with E-state index in [4.69, 9.17) is 4.74 Å². The van der Waals surface area contributed by atoms with E-state index >= 15 is 0 Å². The summed E-state index contributed by atoms with van der Waals surface area (Å²) in [6, 6.07) is 9.55. The minimum atomic E-state index is -0.273. The van der Waals surface area contributed by atoms with Crippen LogP contribution >= 0.6 is 23.1 Å². The Morgan fingerprint density at radius 2 is 2.15 bits per heavy atom. The van der Waals surface area contributed by atoms with Crippen molar-refractivity contribution in [2.24, 2.45) is 7.05 Å². The molecule has 0 saturated carbocycles. The van der Waals surface area contributed by atoms with Gasteiger partial charge in [0.25, 0.3) is 0 Å². The van der Waals surface area contributed by atoms with Crippen LogP contribution in [0.15, 0.2) is 47.1 Å². The number of ether oxygens (including phenoxy) is 1. The number of aromatic nitrogens is 4. The second-order valence-electron chi connectivity index (χ2n) is 5.40. The predicted molar refractivity (Wildman–Crippen MR) is 102 cm³/mol. The summed E-state index contributed by atoms with van der Waals surface area (Å²) >= 11 is 2.78. The molecule has 9 heteroatoms. The number of carbonyl (C=O) groups is 1. The van der Waals surface area contributed by atoms with E-state index in [1.54, 1.807) is 6.20 Å². The number of nitrogens with one attached hydrogen (secondary N) is 1. The lowest BCUT2D eigenvalue weighted by Crippen LogP contribution is -2.25. The largest absolute Gasteiger partial charge is 0.486 e. The van der Waals surface area contributed by atoms with E-state index in [0.717, 1.165) is 5.75 Å². The highest BCUT2D eigenvalue weighted by Crippen LogP contribution is 2.25. The van der Waals surface area contributed by atoms with Gasteiger partial charge in [-0.25, -0.2) is 4.98 Å². The van der Waals surface area contributed by atoms with Gasteiger partial charge in [-0.3, -0.25) is 4.79 Å². The molecule has 2 aromatic heterocycles. The smallest absolute Gasteiger partial charge is 0.239 e. The van der Waals surface area contributed by atoms with Crippen molar-refractivity contribution in [1.29, 1.82) is 0 Å². The highest BCUT2D eigenvalue weighted by molar-refractivity contribution is 8.00. The van der Waals surface area contributed by atoms with Crippen LogP contribution in [0.1, 0.15) is 19.2 Å². The summed E-state index contributed by atoms with van der Waals surface area (Å²) in [4.78, 5) is 16.5. The van der Waals surface area contributed by atoms with Crippen molar-refractivity contribution in [2.45, 2.75) is 30.4 Å². The Morgan fingerprint density at radius 3 is 2.85 bits per heavy atom. The summed E-state index contributed by atoms with van der Waals surface area (Å²) in [5.41, 5.74) is 0. The van der Waals surface area contributed by atoms with Gasteiger partial charge in [-0.15, -0.1) is 21.5 Å². The molecule has 0 aliphatic rings. The van der Waals surface area contributed by atoms with Crippen LogP contribution < -0.4 is 10.1 Å². The number of benzene rings is 1. The molecule has 3 aromatic rings. The van der Waals surface area contributed by atoms with Gasteiger partial charge in [0.15, 0.2) is 16.1 Å². The number of carbonyl (C=O) groups excluding carboxylic acids is 1. The maximum Gasteiger partial charge on any atom is 0.239 e. The minimum absolute atomic E-state index is 0.0856. The third-order valence-corrected chi connectivity index (χ3v) is 5.70. The molecule has 1 atom stereocenters. The third-order valence-electron chi connectivity index (χ3n) is 3.61. The molecular formula is C17H19N5O2S2. The maximum absolute atomic E-state index is 12.4. The van der Waals surface area contributed by atoms with Crippen molar-refractivity contribution in [2.75, 3.05) is 5.32 Å². The standard InChI is InChI=1S/C17H19N5O2S2/c1-3-13(15(23)19-16-18-9-10-25-16)26-17-21-20-14(22(17)2)11-24-12-7-5-4-6-8-12/h4-10,13H,3,11H2,1-2H3,(H,18,19,23)/t13-/m1/s1. The van der Waals surface area contributed by atoms with E-state index in [9.17, 15) is 4.79 Å². The Kier molecular flexibility index (Phi) is 6.24. The number of para-hydroxylation sites is 1. The third kappa shape index (κ3) is 4.61. The summed E-state index contributed by atoms with van der Waals surface area (Å²) in [5, 5.41) is 14.0. The number of amides is 1. The Labute approximate surface area is 159 Å². The van der Waals surface area contributed by atoms with Crippen LogP contribution in [0.2, 0.25) is 0 Å². The van der Waals surface area contributed by atoms with Crippen molar-refractivity contribution < 1.29 is 9.53 Å². The Morgan fingerprint density at radius 1 is 1.35 bits per heavy atom. The molecule has 1 N–H and O–H groups in total. The molecule has 0 radical (unpaired) electrons. The molecular weight excluding hydrogens is 370 g/mol. The highest BCUT2D eigenvalue weighted by Gasteiger charge is 2.22. The van der Waals surface area contributed by atoms with Gasteiger partial charge < -0.3 is 14.6 Å². The molecule has 26 heavy (non-hydrogen) atoms. The monoisotopic (exact) mass is 389 g/mol. The van der Waals surface area contributed by atoms with Crippen molar-refractivity contribution in [3.8, 4) is 5.75 Å². The molecule has 0 saturated heterocycles. The van der Waals surface area contributed by atoms with Gasteiger partial charge in [0.1, 0.15) is 12.4 Å². The average Bonchev–Trinajstić information content (AvgIpc) is 3.29. The molecule has 7 nitrogen and oxygen atoms in total. The summed E-state index contributed by atoms with van der Waals surface area (Å²) in [6.07, 6.45) is 2.33. The zero-order valence-electron chi connectivity index (χ0n) is 14.5. The Bertz CT molecular complexity index is 836. The van der Waals surface area contributed by atoms with Gasteiger partial charge in [-0.05, 0) is 18.6 Å². The summed E-state index contributed by atoms with van der Waals surface area (Å²) < 4.78 is 7.57. The summed E-state index contributed by atoms with van der Waals surface area (Å²) in [7, 11) is 1.87. The quantitative estimate of drug-likeness (QED) is 0.595. The van der Waals surface area contributed by atoms with Crippen LogP contribution in [0.5, 0.6) is 5.75 Å². The van der Waals surface area contributed by atoms with E-state index < -0.39 is 0 Å². The zero-order valence-corrected chi connectivity index (χ0v) is 16.1. The molecule has 0 aliphatic heterocycles. The lowest BCUT2D eigenvalue weighted by Gasteiger charge is -2.13. The van der Waals surface area contributed by atoms with Crippen LogP contribution in [0.25, 0.3) is 0 Å². The van der Waals surface area contributed by atoms with Crippen LogP contribution in [0, 0.1) is 0 Å². The van der Waals surface area contributed by atoms with Gasteiger partial charge in [0.2, 0.25) is 5.91 Å². The Balaban J connectivity index is 1.61. The zero-order chi connectivity index (χ0) is 18.4. The maximum atomic E-state index is 12.4. The molecule has 136 valence electrons. The molecule has 0 aliphatic carbocycles. The average molecular weight is 390 g/mol. The van der Waals surface area contributed by atoms with Crippen molar-refractivity contribution in [1.82, 2.24) is 19.7 Å². The molecule has 3 rings (SSSR count). The topological polar surface area (TPSA) is 81.9 Å². The number of hydrogen-bond acceptors (Lipinski definition) is 7. The molecule has 1 amide bonds. The van der Waals surface area contributed by atoms with E-state index in [-0.39, 0.29) is 11.2 Å². The van der Waals surface area contributed by atoms with Crippen LogP contribution in [0.4, 0.5) is 5.13 Å². The van der Waals surface area contributed by atoms with Crippen molar-refractivity contribution >= 4 is 34.1 Å². The van der Waals surface area contributed by atoms with Gasteiger partial charge in [0, 0.05) is 18.6 Å². The number of anilines is 1. The van der Waals surface area contributed by atoms with E-state index in [0.29, 0.717) is 29.1 Å². The van der Waals surface area contributed by atoms with Crippen molar-refractivity contribution in [3.05, 3.63) is 47.7 Å². The number of hydrogen-bond donors (Lipinski definition) is 1. The van der Waals surface area contributed by atoms with Gasteiger partial charge >= 0.3 is 0 Å². The fraction of sp³-hybridized carbons (Fsp3) is 0.294. The summed E-state index contributed by atoms with van der Waals surface area (Å²) in [6.45, 7) is 2.28. The lowest BCUT2D eigenvalue weighted by atomic mass is 10.3. The fourth-order valence-corrected chi connectivity index (χ4v) is 3.63. The van der Waals surface area contributed by atoms with Gasteiger partial charge in [0.05, 0.1) is 5.25 Å². The SMILES string of the molecule is CC[C@@H](Sc1nnc(COc2ccccc2)n1C)C(=O)Nc1nccs1. The van der Waals surface area contributed by atoms with E-state index in [1.807, 2.05) is 54.3 Å². The second kappa shape index (κ2) is 8.81. The second-order valence-corrected chi connectivity index (χ2v) is 7.47. The molecule has 0 spiro atoms. The first-order valence-corrected chi connectivity index (χ1v) is 9.86. The minimum Gasteiger partial charge on any atom is -0.486 e. The normalized spacial score (nSPS) is 11.9. The lowest BCUT2D eigenvalue weighted by molar-refractivity contribution is -0.115. The van der Waals surface area contributed by atoms with E-state index in [2.05, 4.69) is 20.5 Å². The first-order valence-electron chi connectivity index (χ1n) is 8.10. The Hall–Kier alpha value is -2.39. The molecule has 0 fully saturated rings. The molecule has 0 unspecified atom stereocenters.